The summed E-state index contributed by atoms with van der Waals surface area (Å²) in [5.41, 5.74) is 6.39. The van der Waals surface area contributed by atoms with Crippen LogP contribution in [0.4, 0.5) is 0 Å². The Balaban J connectivity index is 2.37. The molecule has 0 spiro atoms. The van der Waals surface area contributed by atoms with Crippen molar-refractivity contribution < 1.29 is 9.59 Å². The summed E-state index contributed by atoms with van der Waals surface area (Å²) in [7, 11) is 1.73. The predicted octanol–water partition coefficient (Wildman–Crippen LogP) is 1.08. The quantitative estimate of drug-likeness (QED) is 0.829. The second-order valence-corrected chi connectivity index (χ2v) is 4.41. The molecule has 1 heterocycles. The van der Waals surface area contributed by atoms with E-state index in [0.717, 1.165) is 5.56 Å². The highest BCUT2D eigenvalue weighted by Gasteiger charge is 2.37. The fourth-order valence-corrected chi connectivity index (χ4v) is 2.44. The van der Waals surface area contributed by atoms with Crippen molar-refractivity contribution >= 4 is 11.8 Å². The smallest absolute Gasteiger partial charge is 0.222 e. The standard InChI is InChI=1S/C13H16N2O2/c1-15-11(16)8-7-10(13(14)17)12(15)9-5-3-2-4-6-9/h2-6,10,12H,7-8H2,1H3,(H2,14,17)/t10-,12+/m0/s1. The maximum atomic E-state index is 11.7. The minimum Gasteiger partial charge on any atom is -0.369 e. The lowest BCUT2D eigenvalue weighted by Gasteiger charge is -2.37. The third-order valence-electron chi connectivity index (χ3n) is 3.37. The van der Waals surface area contributed by atoms with Crippen LogP contribution in [0, 0.1) is 5.92 Å². The van der Waals surface area contributed by atoms with E-state index in [4.69, 9.17) is 5.73 Å². The SMILES string of the molecule is CN1C(=O)CC[C@H](C(N)=O)[C@H]1c1ccccc1. The van der Waals surface area contributed by atoms with Gasteiger partial charge in [0, 0.05) is 13.5 Å². The van der Waals surface area contributed by atoms with Gasteiger partial charge in [0.15, 0.2) is 0 Å². The Labute approximate surface area is 100 Å². The van der Waals surface area contributed by atoms with Crippen LogP contribution in [0.1, 0.15) is 24.4 Å². The fourth-order valence-electron chi connectivity index (χ4n) is 2.44. The molecule has 0 aromatic heterocycles. The largest absolute Gasteiger partial charge is 0.369 e. The predicted molar refractivity (Wildman–Crippen MR) is 63.9 cm³/mol. The topological polar surface area (TPSA) is 63.4 Å². The Morgan fingerprint density at radius 3 is 2.59 bits per heavy atom. The number of carbonyl (C=O) groups excluding carboxylic acids is 2. The van der Waals surface area contributed by atoms with Crippen molar-refractivity contribution in [1.82, 2.24) is 4.90 Å². The van der Waals surface area contributed by atoms with E-state index in [1.165, 1.54) is 0 Å². The van der Waals surface area contributed by atoms with Gasteiger partial charge in [0.05, 0.1) is 12.0 Å². The molecule has 4 heteroatoms. The van der Waals surface area contributed by atoms with Crippen molar-refractivity contribution in [2.45, 2.75) is 18.9 Å². The van der Waals surface area contributed by atoms with Gasteiger partial charge in [0.25, 0.3) is 0 Å². The van der Waals surface area contributed by atoms with Crippen LogP contribution >= 0.6 is 0 Å². The molecule has 0 bridgehead atoms. The Bertz CT molecular complexity index is 430. The first-order valence-electron chi connectivity index (χ1n) is 5.71. The molecule has 0 saturated carbocycles. The number of hydrogen-bond acceptors (Lipinski definition) is 2. The fraction of sp³-hybridized carbons (Fsp3) is 0.385. The first-order chi connectivity index (χ1) is 8.11. The van der Waals surface area contributed by atoms with Gasteiger partial charge in [-0.15, -0.1) is 0 Å². The summed E-state index contributed by atoms with van der Waals surface area (Å²) in [6, 6.07) is 9.34. The van der Waals surface area contributed by atoms with Gasteiger partial charge < -0.3 is 10.6 Å². The van der Waals surface area contributed by atoms with Gasteiger partial charge in [0.1, 0.15) is 0 Å². The van der Waals surface area contributed by atoms with Crippen molar-refractivity contribution in [2.75, 3.05) is 7.05 Å². The van der Waals surface area contributed by atoms with E-state index in [1.807, 2.05) is 30.3 Å². The zero-order valence-electron chi connectivity index (χ0n) is 9.80. The molecular formula is C13H16N2O2. The number of nitrogens with zero attached hydrogens (tertiary/aromatic N) is 1. The zero-order chi connectivity index (χ0) is 12.4. The van der Waals surface area contributed by atoms with Crippen molar-refractivity contribution in [2.24, 2.45) is 11.7 Å². The molecular weight excluding hydrogens is 216 g/mol. The highest BCUT2D eigenvalue weighted by Crippen LogP contribution is 2.35. The van der Waals surface area contributed by atoms with Crippen molar-refractivity contribution in [3.05, 3.63) is 35.9 Å². The minimum atomic E-state index is -0.335. The Kier molecular flexibility index (Phi) is 3.13. The molecule has 0 aliphatic carbocycles. The summed E-state index contributed by atoms with van der Waals surface area (Å²) in [5, 5.41) is 0. The lowest BCUT2D eigenvalue weighted by molar-refractivity contribution is -0.140. The van der Waals surface area contributed by atoms with Gasteiger partial charge in [-0.2, -0.15) is 0 Å². The van der Waals surface area contributed by atoms with Crippen LogP contribution in [0.15, 0.2) is 30.3 Å². The zero-order valence-corrected chi connectivity index (χ0v) is 9.80. The average Bonchev–Trinajstić information content (AvgIpc) is 2.33. The summed E-state index contributed by atoms with van der Waals surface area (Å²) < 4.78 is 0. The maximum absolute atomic E-state index is 11.7. The molecule has 2 rings (SSSR count). The number of hydrogen-bond donors (Lipinski definition) is 1. The average molecular weight is 232 g/mol. The molecule has 1 aliphatic rings. The molecule has 2 atom stereocenters. The summed E-state index contributed by atoms with van der Waals surface area (Å²) in [6.07, 6.45) is 0.936. The molecule has 0 unspecified atom stereocenters. The molecule has 1 aromatic rings. The van der Waals surface area contributed by atoms with Gasteiger partial charge in [-0.1, -0.05) is 30.3 Å². The van der Waals surface area contributed by atoms with Crippen LogP contribution in [0.2, 0.25) is 0 Å². The normalized spacial score (nSPS) is 24.8. The highest BCUT2D eigenvalue weighted by molar-refractivity contribution is 5.83. The first kappa shape index (κ1) is 11.6. The van der Waals surface area contributed by atoms with Gasteiger partial charge >= 0.3 is 0 Å². The summed E-state index contributed by atoms with van der Waals surface area (Å²) in [5.74, 6) is -0.561. The highest BCUT2D eigenvalue weighted by atomic mass is 16.2. The van der Waals surface area contributed by atoms with Crippen molar-refractivity contribution in [1.29, 1.82) is 0 Å². The van der Waals surface area contributed by atoms with Gasteiger partial charge in [-0.3, -0.25) is 9.59 Å². The molecule has 1 fully saturated rings. The van der Waals surface area contributed by atoms with Gasteiger partial charge in [-0.05, 0) is 12.0 Å². The summed E-state index contributed by atoms with van der Waals surface area (Å²) in [6.45, 7) is 0. The summed E-state index contributed by atoms with van der Waals surface area (Å²) in [4.78, 5) is 24.8. The van der Waals surface area contributed by atoms with E-state index >= 15 is 0 Å². The third-order valence-corrected chi connectivity index (χ3v) is 3.37. The van der Waals surface area contributed by atoms with Crippen molar-refractivity contribution in [3.63, 3.8) is 0 Å². The van der Waals surface area contributed by atoms with Crippen LogP contribution in [0.25, 0.3) is 0 Å². The Morgan fingerprint density at radius 1 is 1.35 bits per heavy atom. The van der Waals surface area contributed by atoms with Crippen LogP contribution in [0.5, 0.6) is 0 Å². The molecule has 0 radical (unpaired) electrons. The van der Waals surface area contributed by atoms with E-state index in [0.29, 0.717) is 12.8 Å². The van der Waals surface area contributed by atoms with Crippen molar-refractivity contribution in [3.8, 4) is 0 Å². The first-order valence-corrected chi connectivity index (χ1v) is 5.71. The number of carbonyl (C=O) groups is 2. The molecule has 2 N–H and O–H groups in total. The number of likely N-dealkylation sites (tertiary alicyclic amines) is 1. The lowest BCUT2D eigenvalue weighted by Crippen LogP contribution is -2.44. The number of amides is 2. The molecule has 2 amide bonds. The van der Waals surface area contributed by atoms with Gasteiger partial charge in [-0.25, -0.2) is 0 Å². The van der Waals surface area contributed by atoms with Crippen LogP contribution in [-0.4, -0.2) is 23.8 Å². The van der Waals surface area contributed by atoms with E-state index in [-0.39, 0.29) is 23.8 Å². The summed E-state index contributed by atoms with van der Waals surface area (Å²) >= 11 is 0. The van der Waals surface area contributed by atoms with Crippen LogP contribution in [0.3, 0.4) is 0 Å². The van der Waals surface area contributed by atoms with E-state index < -0.39 is 0 Å². The number of benzene rings is 1. The van der Waals surface area contributed by atoms with E-state index in [9.17, 15) is 9.59 Å². The van der Waals surface area contributed by atoms with Crippen LogP contribution in [-0.2, 0) is 9.59 Å². The molecule has 1 aromatic carbocycles. The molecule has 1 aliphatic heterocycles. The molecule has 4 nitrogen and oxygen atoms in total. The third kappa shape index (κ3) is 2.16. The van der Waals surface area contributed by atoms with Gasteiger partial charge in [0.2, 0.25) is 11.8 Å². The van der Waals surface area contributed by atoms with E-state index in [2.05, 4.69) is 0 Å². The Hall–Kier alpha value is -1.84. The number of nitrogens with two attached hydrogens (primary N) is 1. The maximum Gasteiger partial charge on any atom is 0.222 e. The lowest BCUT2D eigenvalue weighted by atomic mass is 9.84. The second-order valence-electron chi connectivity index (χ2n) is 4.41. The van der Waals surface area contributed by atoms with Crippen LogP contribution < -0.4 is 5.73 Å². The molecule has 90 valence electrons. The number of piperidine rings is 1. The monoisotopic (exact) mass is 232 g/mol. The number of primary amides is 1. The molecule has 1 saturated heterocycles. The minimum absolute atomic E-state index is 0.0661. The second kappa shape index (κ2) is 4.57. The molecule has 17 heavy (non-hydrogen) atoms. The van der Waals surface area contributed by atoms with E-state index in [1.54, 1.807) is 11.9 Å². The number of rotatable bonds is 2. The Morgan fingerprint density at radius 2 is 2.00 bits per heavy atom.